The summed E-state index contributed by atoms with van der Waals surface area (Å²) in [6.45, 7) is 9.78. The van der Waals surface area contributed by atoms with E-state index in [4.69, 9.17) is 0 Å². The molecule has 0 nitrogen and oxygen atoms in total. The van der Waals surface area contributed by atoms with Crippen LogP contribution in [-0.2, 0) is 0 Å². The lowest BCUT2D eigenvalue weighted by Gasteiger charge is -2.35. The zero-order chi connectivity index (χ0) is 9.59. The van der Waals surface area contributed by atoms with Gasteiger partial charge in [-0.1, -0.05) is 34.1 Å². The molecule has 0 aromatic heterocycles. The fourth-order valence-corrected chi connectivity index (χ4v) is 3.96. The third-order valence-corrected chi connectivity index (χ3v) is 5.32. The van der Waals surface area contributed by atoms with Crippen LogP contribution >= 0.6 is 0 Å². The van der Waals surface area contributed by atoms with E-state index in [2.05, 4.69) is 27.7 Å². The Hall–Kier alpha value is 0. The van der Waals surface area contributed by atoms with Gasteiger partial charge in [-0.15, -0.1) is 0 Å². The molecule has 2 bridgehead atoms. The van der Waals surface area contributed by atoms with Gasteiger partial charge in [-0.2, -0.15) is 0 Å². The third-order valence-electron chi connectivity index (χ3n) is 5.32. The van der Waals surface area contributed by atoms with Crippen LogP contribution in [0.5, 0.6) is 0 Å². The Kier molecular flexibility index (Phi) is 2.42. The van der Waals surface area contributed by atoms with Crippen LogP contribution in [0.4, 0.5) is 0 Å². The largest absolute Gasteiger partial charge is 0.0651 e. The van der Waals surface area contributed by atoms with Gasteiger partial charge >= 0.3 is 0 Å². The van der Waals surface area contributed by atoms with E-state index >= 15 is 0 Å². The van der Waals surface area contributed by atoms with Crippen molar-refractivity contribution in [2.75, 3.05) is 0 Å². The molecule has 0 saturated heterocycles. The topological polar surface area (TPSA) is 0 Å². The van der Waals surface area contributed by atoms with Crippen molar-refractivity contribution in [2.24, 2.45) is 35.5 Å². The first-order valence-electron chi connectivity index (χ1n) is 6.15. The van der Waals surface area contributed by atoms with Gasteiger partial charge in [0.25, 0.3) is 0 Å². The first-order valence-corrected chi connectivity index (χ1v) is 6.15. The number of hydrogen-bond acceptors (Lipinski definition) is 0. The molecule has 6 unspecified atom stereocenters. The Balaban J connectivity index is 2.06. The molecule has 2 rings (SSSR count). The van der Waals surface area contributed by atoms with Gasteiger partial charge in [0.1, 0.15) is 0 Å². The molecule has 0 heteroatoms. The van der Waals surface area contributed by atoms with Crippen LogP contribution in [-0.4, -0.2) is 0 Å². The summed E-state index contributed by atoms with van der Waals surface area (Å²) >= 11 is 0. The lowest BCUT2D eigenvalue weighted by Crippen LogP contribution is -2.28. The zero-order valence-corrected chi connectivity index (χ0v) is 9.59. The molecule has 0 radical (unpaired) electrons. The van der Waals surface area contributed by atoms with Crippen LogP contribution in [0.15, 0.2) is 0 Å². The Morgan fingerprint density at radius 2 is 1.85 bits per heavy atom. The van der Waals surface area contributed by atoms with Crippen molar-refractivity contribution in [3.05, 3.63) is 0 Å². The van der Waals surface area contributed by atoms with Gasteiger partial charge < -0.3 is 0 Å². The van der Waals surface area contributed by atoms with Crippen LogP contribution in [0.25, 0.3) is 0 Å². The van der Waals surface area contributed by atoms with Gasteiger partial charge in [-0.25, -0.2) is 0 Å². The summed E-state index contributed by atoms with van der Waals surface area (Å²) in [5, 5.41) is 0. The predicted molar refractivity (Wildman–Crippen MR) is 57.5 cm³/mol. The maximum atomic E-state index is 2.49. The van der Waals surface area contributed by atoms with Crippen molar-refractivity contribution >= 4 is 0 Å². The summed E-state index contributed by atoms with van der Waals surface area (Å²) in [6.07, 6.45) is 4.48. The average molecular weight is 180 g/mol. The molecule has 0 aromatic rings. The van der Waals surface area contributed by atoms with E-state index in [0.29, 0.717) is 0 Å². The predicted octanol–water partition coefficient (Wildman–Crippen LogP) is 3.96. The highest BCUT2D eigenvalue weighted by atomic mass is 14.5. The number of rotatable bonds is 2. The van der Waals surface area contributed by atoms with E-state index in [-0.39, 0.29) is 0 Å². The van der Waals surface area contributed by atoms with Gasteiger partial charge in [0, 0.05) is 0 Å². The van der Waals surface area contributed by atoms with Crippen molar-refractivity contribution in [1.82, 2.24) is 0 Å². The standard InChI is InChI=1S/C13H24/c1-5-8(2)12-6-11-7-13(12)10(4)9(11)3/h8-13H,5-7H2,1-4H3. The summed E-state index contributed by atoms with van der Waals surface area (Å²) in [7, 11) is 0. The van der Waals surface area contributed by atoms with E-state index in [1.165, 1.54) is 6.42 Å². The van der Waals surface area contributed by atoms with Crippen molar-refractivity contribution in [3.63, 3.8) is 0 Å². The quantitative estimate of drug-likeness (QED) is 0.603. The zero-order valence-electron chi connectivity index (χ0n) is 9.59. The minimum atomic E-state index is 0.977. The van der Waals surface area contributed by atoms with Crippen molar-refractivity contribution < 1.29 is 0 Å². The minimum Gasteiger partial charge on any atom is -0.0651 e. The average Bonchev–Trinajstić information content (AvgIpc) is 2.67. The fourth-order valence-electron chi connectivity index (χ4n) is 3.96. The maximum Gasteiger partial charge on any atom is -0.0352 e. The normalized spacial score (nSPS) is 51.2. The molecule has 2 aliphatic carbocycles. The van der Waals surface area contributed by atoms with Crippen LogP contribution in [0.1, 0.15) is 47.0 Å². The maximum absolute atomic E-state index is 2.49. The Labute approximate surface area is 83.1 Å². The van der Waals surface area contributed by atoms with Gasteiger partial charge in [0.15, 0.2) is 0 Å². The molecule has 0 N–H and O–H groups in total. The van der Waals surface area contributed by atoms with Crippen molar-refractivity contribution in [2.45, 2.75) is 47.0 Å². The molecule has 0 amide bonds. The minimum absolute atomic E-state index is 0.977. The van der Waals surface area contributed by atoms with E-state index in [9.17, 15) is 0 Å². The van der Waals surface area contributed by atoms with Crippen LogP contribution < -0.4 is 0 Å². The second-order valence-corrected chi connectivity index (χ2v) is 5.66. The molecule has 6 atom stereocenters. The fraction of sp³-hybridized carbons (Fsp3) is 1.00. The second kappa shape index (κ2) is 3.29. The number of fused-ring (bicyclic) bond motifs is 2. The van der Waals surface area contributed by atoms with Crippen LogP contribution in [0.3, 0.4) is 0 Å². The van der Waals surface area contributed by atoms with Gasteiger partial charge in [-0.3, -0.25) is 0 Å². The summed E-state index contributed by atoms with van der Waals surface area (Å²) in [5.74, 6) is 6.24. The first kappa shape index (κ1) is 9.55. The molecule has 76 valence electrons. The summed E-state index contributed by atoms with van der Waals surface area (Å²) in [4.78, 5) is 0. The second-order valence-electron chi connectivity index (χ2n) is 5.66. The first-order chi connectivity index (χ1) is 6.15. The third kappa shape index (κ3) is 1.33. The molecule has 0 aromatic carbocycles. The summed E-state index contributed by atoms with van der Waals surface area (Å²) in [5.41, 5.74) is 0. The van der Waals surface area contributed by atoms with Gasteiger partial charge in [0.05, 0.1) is 0 Å². The lowest BCUT2D eigenvalue weighted by atomic mass is 9.71. The Morgan fingerprint density at radius 3 is 2.31 bits per heavy atom. The van der Waals surface area contributed by atoms with Crippen LogP contribution in [0.2, 0.25) is 0 Å². The SMILES string of the molecule is CCC(C)C1CC2CC1C(C)C2C. The molecule has 2 fully saturated rings. The molecule has 0 aliphatic heterocycles. The van der Waals surface area contributed by atoms with E-state index in [1.54, 1.807) is 12.8 Å². The highest BCUT2D eigenvalue weighted by Gasteiger charge is 2.49. The molecule has 2 saturated carbocycles. The van der Waals surface area contributed by atoms with Crippen LogP contribution in [0, 0.1) is 35.5 Å². The molecule has 2 aliphatic rings. The molecule has 0 heterocycles. The van der Waals surface area contributed by atoms with Gasteiger partial charge in [0.2, 0.25) is 0 Å². The number of hydrogen-bond donors (Lipinski definition) is 0. The van der Waals surface area contributed by atoms with E-state index < -0.39 is 0 Å². The summed E-state index contributed by atoms with van der Waals surface area (Å²) in [6, 6.07) is 0. The van der Waals surface area contributed by atoms with Crippen molar-refractivity contribution in [3.8, 4) is 0 Å². The molecular weight excluding hydrogens is 156 g/mol. The monoisotopic (exact) mass is 180 g/mol. The van der Waals surface area contributed by atoms with E-state index in [1.807, 2.05) is 0 Å². The Morgan fingerprint density at radius 1 is 1.15 bits per heavy atom. The summed E-state index contributed by atoms with van der Waals surface area (Å²) < 4.78 is 0. The lowest BCUT2D eigenvalue weighted by molar-refractivity contribution is 0.143. The highest BCUT2D eigenvalue weighted by molar-refractivity contribution is 4.98. The Bertz CT molecular complexity index is 182. The molecule has 13 heavy (non-hydrogen) atoms. The highest BCUT2D eigenvalue weighted by Crippen LogP contribution is 2.57. The van der Waals surface area contributed by atoms with E-state index in [0.717, 1.165) is 35.5 Å². The molecular formula is C13H24. The van der Waals surface area contributed by atoms with Gasteiger partial charge in [-0.05, 0) is 48.3 Å². The smallest absolute Gasteiger partial charge is 0.0352 e. The molecule has 0 spiro atoms. The van der Waals surface area contributed by atoms with Crippen molar-refractivity contribution in [1.29, 1.82) is 0 Å².